The average molecular weight is 230 g/mol. The normalized spacial score (nSPS) is 10.8. The van der Waals surface area contributed by atoms with E-state index in [4.69, 9.17) is 23.2 Å². The van der Waals surface area contributed by atoms with Gasteiger partial charge in [-0.3, -0.25) is 9.36 Å². The van der Waals surface area contributed by atoms with Crippen molar-refractivity contribution in [2.24, 2.45) is 0 Å². The summed E-state index contributed by atoms with van der Waals surface area (Å²) in [7, 11) is 0. The topological polar surface area (TPSA) is 47.8 Å². The van der Waals surface area contributed by atoms with Crippen LogP contribution in [0.4, 0.5) is 0 Å². The van der Waals surface area contributed by atoms with Gasteiger partial charge in [0.1, 0.15) is 0 Å². The minimum absolute atomic E-state index is 0.0924. The van der Waals surface area contributed by atoms with Crippen molar-refractivity contribution in [3.8, 4) is 0 Å². The van der Waals surface area contributed by atoms with Gasteiger partial charge >= 0.3 is 0 Å². The highest BCUT2D eigenvalue weighted by atomic mass is 35.5. The summed E-state index contributed by atoms with van der Waals surface area (Å²) >= 11 is 11.5. The van der Waals surface area contributed by atoms with Crippen LogP contribution in [0.5, 0.6) is 0 Å². The Kier molecular flexibility index (Phi) is 2.17. The minimum Gasteiger partial charge on any atom is -0.274 e. The van der Waals surface area contributed by atoms with E-state index in [1.54, 1.807) is 0 Å². The molecule has 0 bridgehead atoms. The molecule has 0 amide bonds. The number of hydrogen-bond donors (Lipinski definition) is 0. The first-order valence-electron chi connectivity index (χ1n) is 3.79. The van der Waals surface area contributed by atoms with Crippen molar-refractivity contribution in [2.45, 2.75) is 6.92 Å². The molecule has 0 saturated heterocycles. The molecule has 0 spiro atoms. The maximum Gasteiger partial charge on any atom is 0.229 e. The molecule has 0 radical (unpaired) electrons. The summed E-state index contributed by atoms with van der Waals surface area (Å²) in [5.74, 6) is -0.170. The van der Waals surface area contributed by atoms with E-state index in [0.29, 0.717) is 16.1 Å². The Morgan fingerprint density at radius 2 is 2.21 bits per heavy atom. The molecule has 14 heavy (non-hydrogen) atoms. The van der Waals surface area contributed by atoms with Gasteiger partial charge in [-0.05, 0) is 11.6 Å². The fraction of sp³-hybridized carbons (Fsp3) is 0.125. The van der Waals surface area contributed by atoms with Gasteiger partial charge in [-0.15, -0.1) is 0 Å². The van der Waals surface area contributed by atoms with Gasteiger partial charge in [0.25, 0.3) is 0 Å². The fourth-order valence-corrected chi connectivity index (χ4v) is 1.55. The Morgan fingerprint density at radius 3 is 2.86 bits per heavy atom. The maximum absolute atomic E-state index is 11.2. The number of carbonyl (C=O) groups is 1. The summed E-state index contributed by atoms with van der Waals surface area (Å²) in [6.07, 6.45) is 2.99. The lowest BCUT2D eigenvalue weighted by Gasteiger charge is -1.96. The SMILES string of the molecule is CC(=O)n1cc(Cl)c2cnc(Cl)nc21. The minimum atomic E-state index is -0.170. The van der Waals surface area contributed by atoms with Crippen LogP contribution in [0.1, 0.15) is 11.7 Å². The molecular weight excluding hydrogens is 225 g/mol. The van der Waals surface area contributed by atoms with Crippen LogP contribution in [0.2, 0.25) is 10.3 Å². The van der Waals surface area contributed by atoms with E-state index in [2.05, 4.69) is 9.97 Å². The molecule has 0 atom stereocenters. The largest absolute Gasteiger partial charge is 0.274 e. The van der Waals surface area contributed by atoms with Crippen LogP contribution in [0, 0.1) is 0 Å². The third-order valence-electron chi connectivity index (χ3n) is 1.81. The first-order chi connectivity index (χ1) is 6.59. The molecule has 0 unspecified atom stereocenters. The number of nitrogens with zero attached hydrogens (tertiary/aromatic N) is 3. The number of rotatable bonds is 0. The Balaban J connectivity index is 2.85. The monoisotopic (exact) mass is 229 g/mol. The van der Waals surface area contributed by atoms with Crippen molar-refractivity contribution in [3.63, 3.8) is 0 Å². The van der Waals surface area contributed by atoms with Crippen LogP contribution < -0.4 is 0 Å². The second kappa shape index (κ2) is 3.22. The average Bonchev–Trinajstić information content (AvgIpc) is 2.43. The summed E-state index contributed by atoms with van der Waals surface area (Å²) in [6, 6.07) is 0. The van der Waals surface area contributed by atoms with E-state index in [1.807, 2.05) is 0 Å². The number of aromatic nitrogens is 3. The smallest absolute Gasteiger partial charge is 0.229 e. The van der Waals surface area contributed by atoms with E-state index in [1.165, 1.54) is 23.9 Å². The van der Waals surface area contributed by atoms with Crippen molar-refractivity contribution < 1.29 is 4.79 Å². The van der Waals surface area contributed by atoms with Gasteiger partial charge in [-0.25, -0.2) is 4.98 Å². The number of halogens is 2. The van der Waals surface area contributed by atoms with Crippen LogP contribution in [0.15, 0.2) is 12.4 Å². The molecule has 2 heterocycles. The fourth-order valence-electron chi connectivity index (χ4n) is 1.19. The molecule has 0 N–H and O–H groups in total. The third-order valence-corrected chi connectivity index (χ3v) is 2.29. The highest BCUT2D eigenvalue weighted by molar-refractivity contribution is 6.36. The number of fused-ring (bicyclic) bond motifs is 1. The van der Waals surface area contributed by atoms with E-state index in [9.17, 15) is 4.79 Å². The molecule has 6 heteroatoms. The van der Waals surface area contributed by atoms with Gasteiger partial charge < -0.3 is 0 Å². The molecule has 4 nitrogen and oxygen atoms in total. The summed E-state index contributed by atoms with van der Waals surface area (Å²) < 4.78 is 1.34. The van der Waals surface area contributed by atoms with Crippen molar-refractivity contribution in [1.29, 1.82) is 0 Å². The summed E-state index contributed by atoms with van der Waals surface area (Å²) in [5, 5.41) is 1.15. The van der Waals surface area contributed by atoms with Crippen molar-refractivity contribution in [1.82, 2.24) is 14.5 Å². The first-order valence-corrected chi connectivity index (χ1v) is 4.55. The van der Waals surface area contributed by atoms with Gasteiger partial charge in [-0.1, -0.05) is 11.6 Å². The van der Waals surface area contributed by atoms with Crippen LogP contribution in [0.25, 0.3) is 11.0 Å². The van der Waals surface area contributed by atoms with Crippen LogP contribution in [-0.4, -0.2) is 20.4 Å². The second-order valence-corrected chi connectivity index (χ2v) is 3.49. The molecule has 2 aromatic rings. The number of hydrogen-bond acceptors (Lipinski definition) is 3. The quantitative estimate of drug-likeness (QED) is 0.653. The lowest BCUT2D eigenvalue weighted by Crippen LogP contribution is -2.04. The Hall–Kier alpha value is -1.13. The maximum atomic E-state index is 11.2. The zero-order chi connectivity index (χ0) is 10.3. The molecule has 0 aliphatic heterocycles. The van der Waals surface area contributed by atoms with Crippen molar-refractivity contribution in [3.05, 3.63) is 22.7 Å². The first kappa shape index (κ1) is 9.43. The van der Waals surface area contributed by atoms with Gasteiger partial charge in [0, 0.05) is 19.3 Å². The van der Waals surface area contributed by atoms with Gasteiger partial charge in [0.05, 0.1) is 10.4 Å². The molecule has 0 fully saturated rings. The highest BCUT2D eigenvalue weighted by Crippen LogP contribution is 2.24. The van der Waals surface area contributed by atoms with Crippen molar-refractivity contribution in [2.75, 3.05) is 0 Å². The summed E-state index contributed by atoms with van der Waals surface area (Å²) in [6.45, 7) is 1.42. The van der Waals surface area contributed by atoms with E-state index < -0.39 is 0 Å². The van der Waals surface area contributed by atoms with E-state index >= 15 is 0 Å². The van der Waals surface area contributed by atoms with Crippen molar-refractivity contribution >= 4 is 40.1 Å². The zero-order valence-electron chi connectivity index (χ0n) is 7.16. The second-order valence-electron chi connectivity index (χ2n) is 2.74. The Labute approximate surface area is 89.5 Å². The summed E-state index contributed by atoms with van der Waals surface area (Å²) in [4.78, 5) is 18.9. The van der Waals surface area contributed by atoms with E-state index in [-0.39, 0.29) is 11.2 Å². The van der Waals surface area contributed by atoms with Gasteiger partial charge in [-0.2, -0.15) is 4.98 Å². The van der Waals surface area contributed by atoms with E-state index in [0.717, 1.165) is 0 Å². The zero-order valence-corrected chi connectivity index (χ0v) is 8.67. The predicted octanol–water partition coefficient (Wildman–Crippen LogP) is 2.40. The van der Waals surface area contributed by atoms with Gasteiger partial charge in [0.2, 0.25) is 11.2 Å². The molecule has 0 saturated carbocycles. The lowest BCUT2D eigenvalue weighted by atomic mass is 10.4. The van der Waals surface area contributed by atoms with Crippen LogP contribution in [-0.2, 0) is 0 Å². The molecule has 0 aliphatic carbocycles. The lowest BCUT2D eigenvalue weighted by molar-refractivity contribution is 0.0941. The molecule has 2 rings (SSSR count). The molecule has 0 aromatic carbocycles. The third kappa shape index (κ3) is 1.36. The Bertz CT molecular complexity index is 521. The molecule has 2 aromatic heterocycles. The molecule has 72 valence electrons. The highest BCUT2D eigenvalue weighted by Gasteiger charge is 2.11. The van der Waals surface area contributed by atoms with Crippen LogP contribution >= 0.6 is 23.2 Å². The van der Waals surface area contributed by atoms with Gasteiger partial charge in [0.15, 0.2) is 5.65 Å². The molecule has 0 aliphatic rings. The summed E-state index contributed by atoms with van der Waals surface area (Å²) in [5.41, 5.74) is 0.433. The Morgan fingerprint density at radius 1 is 1.50 bits per heavy atom. The van der Waals surface area contributed by atoms with Crippen LogP contribution in [0.3, 0.4) is 0 Å². The molecular formula is C8H5Cl2N3O. The standard InChI is InChI=1S/C8H5Cl2N3O/c1-4(14)13-3-6(9)5-2-11-8(10)12-7(5)13/h2-3H,1H3. The predicted molar refractivity (Wildman–Crippen MR) is 53.8 cm³/mol. The number of carbonyl (C=O) groups excluding carboxylic acids is 1.